The molecule has 9 heteroatoms. The van der Waals surface area contributed by atoms with Gasteiger partial charge in [0.1, 0.15) is 11.3 Å². The Bertz CT molecular complexity index is 1140. The van der Waals surface area contributed by atoms with E-state index in [1.165, 1.54) is 24.1 Å². The van der Waals surface area contributed by atoms with E-state index in [9.17, 15) is 13.2 Å². The summed E-state index contributed by atoms with van der Waals surface area (Å²) in [6, 6.07) is 14.3. The van der Waals surface area contributed by atoms with Crippen LogP contribution in [0, 0.1) is 0 Å². The van der Waals surface area contributed by atoms with Crippen molar-refractivity contribution in [3.05, 3.63) is 71.4 Å². The zero-order chi connectivity index (χ0) is 21.7. The van der Waals surface area contributed by atoms with Crippen LogP contribution in [0.1, 0.15) is 28.4 Å². The number of anilines is 1. The first-order valence-corrected chi connectivity index (χ1v) is 10.8. The van der Waals surface area contributed by atoms with Crippen LogP contribution in [0.25, 0.3) is 0 Å². The van der Waals surface area contributed by atoms with Crippen LogP contribution in [0.3, 0.4) is 0 Å². The molecule has 30 heavy (non-hydrogen) atoms. The highest BCUT2D eigenvalue weighted by Gasteiger charge is 2.23. The summed E-state index contributed by atoms with van der Waals surface area (Å²) in [4.78, 5) is 12.2. The molecule has 2 aromatic carbocycles. The molecule has 0 spiro atoms. The van der Waals surface area contributed by atoms with Gasteiger partial charge in [-0.15, -0.1) is 0 Å². The third-order valence-electron chi connectivity index (χ3n) is 4.35. The van der Waals surface area contributed by atoms with E-state index in [0.717, 1.165) is 11.1 Å². The standard InChI is InChI=1S/C21H23N3O5S/c1-4-29-21(25)18-14-24(2)22-20(18)23-30(26,27)17-10-11-19(28-3)16(13-17)12-15-8-6-5-7-9-15/h5-11,13-14H,4,12H2,1-3H3,(H,22,23). The van der Waals surface area contributed by atoms with Gasteiger partial charge in [0.2, 0.25) is 0 Å². The Morgan fingerprint density at radius 3 is 2.57 bits per heavy atom. The minimum absolute atomic E-state index is 0.0368. The summed E-state index contributed by atoms with van der Waals surface area (Å²) < 4.78 is 40.1. The van der Waals surface area contributed by atoms with Crippen LogP contribution in [0.5, 0.6) is 5.75 Å². The van der Waals surface area contributed by atoms with Gasteiger partial charge in [-0.2, -0.15) is 5.10 Å². The monoisotopic (exact) mass is 429 g/mol. The summed E-state index contributed by atoms with van der Waals surface area (Å²) in [6.45, 7) is 1.84. The van der Waals surface area contributed by atoms with Gasteiger partial charge in [-0.05, 0) is 36.2 Å². The van der Waals surface area contributed by atoms with Crippen LogP contribution in [0.2, 0.25) is 0 Å². The molecule has 0 aliphatic rings. The molecule has 1 N–H and O–H groups in total. The Hall–Kier alpha value is -3.33. The van der Waals surface area contributed by atoms with Crippen molar-refractivity contribution < 1.29 is 22.7 Å². The highest BCUT2D eigenvalue weighted by molar-refractivity contribution is 7.92. The number of hydrogen-bond acceptors (Lipinski definition) is 6. The van der Waals surface area contributed by atoms with Gasteiger partial charge in [0.15, 0.2) is 5.82 Å². The smallest absolute Gasteiger partial charge is 0.343 e. The Labute approximate surface area is 175 Å². The number of ether oxygens (including phenoxy) is 2. The number of methoxy groups -OCH3 is 1. The maximum absolute atomic E-state index is 13.0. The van der Waals surface area contributed by atoms with E-state index in [1.807, 2.05) is 30.3 Å². The lowest BCUT2D eigenvalue weighted by molar-refractivity contribution is 0.0527. The number of hydrogen-bond donors (Lipinski definition) is 1. The molecule has 3 aromatic rings. The highest BCUT2D eigenvalue weighted by Crippen LogP contribution is 2.27. The third kappa shape index (κ3) is 4.80. The molecule has 8 nitrogen and oxygen atoms in total. The molecule has 0 radical (unpaired) electrons. The first kappa shape index (κ1) is 21.4. The third-order valence-corrected chi connectivity index (χ3v) is 5.69. The highest BCUT2D eigenvalue weighted by atomic mass is 32.2. The number of aromatic nitrogens is 2. The molecular formula is C21H23N3O5S. The van der Waals surface area contributed by atoms with Crippen LogP contribution in [0.4, 0.5) is 5.82 Å². The van der Waals surface area contributed by atoms with E-state index in [2.05, 4.69) is 9.82 Å². The van der Waals surface area contributed by atoms with Gasteiger partial charge in [0.05, 0.1) is 18.6 Å². The molecule has 0 amide bonds. The quantitative estimate of drug-likeness (QED) is 0.553. The first-order valence-electron chi connectivity index (χ1n) is 9.28. The summed E-state index contributed by atoms with van der Waals surface area (Å²) in [6.07, 6.45) is 1.91. The molecule has 3 rings (SSSR count). The predicted octanol–water partition coefficient (Wildman–Crippen LogP) is 3.00. The zero-order valence-corrected chi connectivity index (χ0v) is 17.8. The van der Waals surface area contributed by atoms with Crippen molar-refractivity contribution in [1.29, 1.82) is 0 Å². The molecule has 0 fully saturated rings. The predicted molar refractivity (Wildman–Crippen MR) is 112 cm³/mol. The normalized spacial score (nSPS) is 11.2. The summed E-state index contributed by atoms with van der Waals surface area (Å²) in [7, 11) is -0.873. The van der Waals surface area contributed by atoms with Gasteiger partial charge in [-0.3, -0.25) is 9.40 Å². The Morgan fingerprint density at radius 1 is 1.17 bits per heavy atom. The van der Waals surface area contributed by atoms with Crippen LogP contribution in [0.15, 0.2) is 59.6 Å². The summed E-state index contributed by atoms with van der Waals surface area (Å²) in [5.41, 5.74) is 1.78. The van der Waals surface area contributed by atoms with E-state index in [0.29, 0.717) is 12.2 Å². The van der Waals surface area contributed by atoms with Gasteiger partial charge in [0, 0.05) is 19.7 Å². The molecule has 0 atom stereocenters. The molecule has 1 aromatic heterocycles. The summed E-state index contributed by atoms with van der Waals surface area (Å²) >= 11 is 0. The average molecular weight is 429 g/mol. The number of nitrogens with zero attached hydrogens (tertiary/aromatic N) is 2. The fourth-order valence-corrected chi connectivity index (χ4v) is 4.05. The molecule has 1 heterocycles. The fourth-order valence-electron chi connectivity index (χ4n) is 2.98. The number of carbonyl (C=O) groups is 1. The molecule has 0 saturated carbocycles. The van der Waals surface area contributed by atoms with E-state index >= 15 is 0 Å². The molecule has 0 saturated heterocycles. The van der Waals surface area contributed by atoms with Gasteiger partial charge >= 0.3 is 5.97 Å². The minimum Gasteiger partial charge on any atom is -0.496 e. The van der Waals surface area contributed by atoms with Crippen LogP contribution >= 0.6 is 0 Å². The van der Waals surface area contributed by atoms with E-state index in [1.54, 1.807) is 26.1 Å². The minimum atomic E-state index is -4.00. The van der Waals surface area contributed by atoms with Crippen LogP contribution < -0.4 is 9.46 Å². The molecule has 0 bridgehead atoms. The van der Waals surface area contributed by atoms with Gasteiger partial charge in [-0.1, -0.05) is 30.3 Å². The number of benzene rings is 2. The summed E-state index contributed by atoms with van der Waals surface area (Å²) in [5.74, 6) is -0.151. The summed E-state index contributed by atoms with van der Waals surface area (Å²) in [5, 5.41) is 4.05. The number of sulfonamides is 1. The average Bonchev–Trinajstić information content (AvgIpc) is 3.08. The van der Waals surface area contributed by atoms with Crippen molar-refractivity contribution in [1.82, 2.24) is 9.78 Å². The number of rotatable bonds is 8. The number of esters is 1. The van der Waals surface area contributed by atoms with Crippen molar-refractivity contribution in [3.8, 4) is 5.75 Å². The van der Waals surface area contributed by atoms with Crippen molar-refractivity contribution in [2.75, 3.05) is 18.4 Å². The second kappa shape index (κ2) is 9.00. The van der Waals surface area contributed by atoms with Crippen molar-refractivity contribution in [2.24, 2.45) is 7.05 Å². The SMILES string of the molecule is CCOC(=O)c1cn(C)nc1NS(=O)(=O)c1ccc(OC)c(Cc2ccccc2)c1. The maximum atomic E-state index is 13.0. The second-order valence-electron chi connectivity index (χ2n) is 6.53. The Kier molecular flexibility index (Phi) is 6.41. The lowest BCUT2D eigenvalue weighted by Crippen LogP contribution is -2.16. The molecule has 158 valence electrons. The van der Waals surface area contributed by atoms with Gasteiger partial charge < -0.3 is 9.47 Å². The van der Waals surface area contributed by atoms with Crippen molar-refractivity contribution in [3.63, 3.8) is 0 Å². The number of carbonyl (C=O) groups excluding carboxylic acids is 1. The second-order valence-corrected chi connectivity index (χ2v) is 8.21. The zero-order valence-electron chi connectivity index (χ0n) is 17.0. The Balaban J connectivity index is 1.93. The molecule has 0 unspecified atom stereocenters. The van der Waals surface area contributed by atoms with Crippen LogP contribution in [-0.4, -0.2) is 37.9 Å². The lowest BCUT2D eigenvalue weighted by atomic mass is 10.0. The van der Waals surface area contributed by atoms with Gasteiger partial charge in [-0.25, -0.2) is 13.2 Å². The van der Waals surface area contributed by atoms with E-state index in [-0.39, 0.29) is 22.9 Å². The van der Waals surface area contributed by atoms with E-state index in [4.69, 9.17) is 9.47 Å². The topological polar surface area (TPSA) is 99.5 Å². The fraction of sp³-hybridized carbons (Fsp3) is 0.238. The number of aryl methyl sites for hydroxylation is 1. The molecular weight excluding hydrogens is 406 g/mol. The Morgan fingerprint density at radius 2 is 1.90 bits per heavy atom. The van der Waals surface area contributed by atoms with Crippen molar-refractivity contribution in [2.45, 2.75) is 18.2 Å². The molecule has 0 aliphatic carbocycles. The number of nitrogens with one attached hydrogen (secondary N) is 1. The molecule has 0 aliphatic heterocycles. The van der Waals surface area contributed by atoms with E-state index < -0.39 is 16.0 Å². The maximum Gasteiger partial charge on any atom is 0.343 e. The van der Waals surface area contributed by atoms with Crippen molar-refractivity contribution >= 4 is 21.8 Å². The first-order chi connectivity index (χ1) is 14.3. The van der Waals surface area contributed by atoms with Gasteiger partial charge in [0.25, 0.3) is 10.0 Å². The lowest BCUT2D eigenvalue weighted by Gasteiger charge is -2.12. The largest absolute Gasteiger partial charge is 0.496 e. The van der Waals surface area contributed by atoms with Crippen LogP contribution in [-0.2, 0) is 28.2 Å².